The highest BCUT2D eigenvalue weighted by Crippen LogP contribution is 2.27. The number of thioether (sulfide) groups is 1. The van der Waals surface area contributed by atoms with Crippen molar-refractivity contribution in [2.75, 3.05) is 12.4 Å². The Balaban J connectivity index is 1.50. The summed E-state index contributed by atoms with van der Waals surface area (Å²) in [5.41, 5.74) is 2.03. The third kappa shape index (κ3) is 5.99. The summed E-state index contributed by atoms with van der Waals surface area (Å²) < 4.78 is 13.0. The number of nitrogens with one attached hydrogen (secondary N) is 1. The average molecular weight is 486 g/mol. The van der Waals surface area contributed by atoms with E-state index < -0.39 is 5.25 Å². The fraction of sp³-hybridized carbons (Fsp3) is 0.154. The van der Waals surface area contributed by atoms with Gasteiger partial charge in [0.05, 0.1) is 24.0 Å². The SMILES string of the molecule is COc1ccc(OCc2nnc(SC(C)C(=O)Nc3ccc(C#N)cc3)n2-c2ccccc2)cc1. The van der Waals surface area contributed by atoms with E-state index in [-0.39, 0.29) is 12.5 Å². The highest BCUT2D eigenvalue weighted by Gasteiger charge is 2.21. The molecule has 0 aliphatic heterocycles. The van der Waals surface area contributed by atoms with E-state index in [0.29, 0.717) is 28.0 Å². The van der Waals surface area contributed by atoms with Crippen molar-refractivity contribution in [3.63, 3.8) is 0 Å². The highest BCUT2D eigenvalue weighted by atomic mass is 32.2. The number of para-hydroxylation sites is 1. The number of carbonyl (C=O) groups excluding carboxylic acids is 1. The van der Waals surface area contributed by atoms with Crippen LogP contribution in [0.2, 0.25) is 0 Å². The van der Waals surface area contributed by atoms with Crippen molar-refractivity contribution >= 4 is 23.4 Å². The van der Waals surface area contributed by atoms with E-state index in [1.165, 1.54) is 11.8 Å². The Labute approximate surface area is 207 Å². The first kappa shape index (κ1) is 23.9. The normalized spacial score (nSPS) is 11.3. The fourth-order valence-corrected chi connectivity index (χ4v) is 4.10. The summed E-state index contributed by atoms with van der Waals surface area (Å²) in [6, 6.07) is 25.8. The summed E-state index contributed by atoms with van der Waals surface area (Å²) in [5, 5.41) is 20.6. The first-order valence-electron chi connectivity index (χ1n) is 10.8. The van der Waals surface area contributed by atoms with Gasteiger partial charge in [0, 0.05) is 11.4 Å². The summed E-state index contributed by atoms with van der Waals surface area (Å²) >= 11 is 1.30. The van der Waals surface area contributed by atoms with Crippen LogP contribution < -0.4 is 14.8 Å². The zero-order valence-corrected chi connectivity index (χ0v) is 20.0. The lowest BCUT2D eigenvalue weighted by molar-refractivity contribution is -0.115. The number of hydrogen-bond acceptors (Lipinski definition) is 7. The molecule has 176 valence electrons. The van der Waals surface area contributed by atoms with Crippen LogP contribution in [-0.4, -0.2) is 33.0 Å². The molecule has 1 heterocycles. The molecule has 8 nitrogen and oxygen atoms in total. The molecule has 0 spiro atoms. The third-order valence-corrected chi connectivity index (χ3v) is 6.12. The number of hydrogen-bond donors (Lipinski definition) is 1. The molecule has 1 N–H and O–H groups in total. The zero-order chi connectivity index (χ0) is 24.6. The molecule has 0 saturated heterocycles. The van der Waals surface area contributed by atoms with E-state index in [1.54, 1.807) is 38.3 Å². The number of nitrogens with zero attached hydrogens (tertiary/aromatic N) is 4. The van der Waals surface area contributed by atoms with Crippen LogP contribution in [0.4, 0.5) is 5.69 Å². The molecule has 0 saturated carbocycles. The molecule has 1 aromatic heterocycles. The minimum Gasteiger partial charge on any atom is -0.497 e. The van der Waals surface area contributed by atoms with E-state index in [2.05, 4.69) is 21.6 Å². The van der Waals surface area contributed by atoms with Gasteiger partial charge in [-0.05, 0) is 67.6 Å². The summed E-state index contributed by atoms with van der Waals surface area (Å²) in [6.07, 6.45) is 0. The number of anilines is 1. The monoisotopic (exact) mass is 485 g/mol. The summed E-state index contributed by atoms with van der Waals surface area (Å²) in [6.45, 7) is 2.00. The molecular formula is C26H23N5O3S. The molecule has 4 aromatic rings. The van der Waals surface area contributed by atoms with Gasteiger partial charge < -0.3 is 14.8 Å². The molecule has 0 bridgehead atoms. The molecule has 4 rings (SSSR count). The number of benzene rings is 3. The summed E-state index contributed by atoms with van der Waals surface area (Å²) in [4.78, 5) is 12.8. The van der Waals surface area contributed by atoms with Gasteiger partial charge in [0.15, 0.2) is 11.0 Å². The van der Waals surface area contributed by atoms with Crippen molar-refractivity contribution in [1.29, 1.82) is 5.26 Å². The first-order valence-corrected chi connectivity index (χ1v) is 11.7. The predicted molar refractivity (Wildman–Crippen MR) is 134 cm³/mol. The minimum absolute atomic E-state index is 0.182. The Morgan fingerprint density at radius 3 is 2.37 bits per heavy atom. The number of carbonyl (C=O) groups is 1. The van der Waals surface area contributed by atoms with E-state index >= 15 is 0 Å². The number of ether oxygens (including phenoxy) is 2. The Morgan fingerprint density at radius 1 is 1.03 bits per heavy atom. The van der Waals surface area contributed by atoms with Crippen LogP contribution >= 0.6 is 11.8 Å². The Kier molecular flexibility index (Phi) is 7.65. The van der Waals surface area contributed by atoms with Gasteiger partial charge in [0.1, 0.15) is 18.1 Å². The number of methoxy groups -OCH3 is 1. The first-order chi connectivity index (χ1) is 17.1. The molecule has 35 heavy (non-hydrogen) atoms. The highest BCUT2D eigenvalue weighted by molar-refractivity contribution is 8.00. The van der Waals surface area contributed by atoms with Gasteiger partial charge in [-0.3, -0.25) is 9.36 Å². The predicted octanol–water partition coefficient (Wildman–Crippen LogP) is 4.85. The van der Waals surface area contributed by atoms with Crippen molar-refractivity contribution in [2.24, 2.45) is 0 Å². The lowest BCUT2D eigenvalue weighted by Crippen LogP contribution is -2.23. The van der Waals surface area contributed by atoms with Gasteiger partial charge in [0.25, 0.3) is 0 Å². The molecule has 0 radical (unpaired) electrons. The standard InChI is InChI=1S/C26H23N5O3S/c1-18(25(32)28-20-10-8-19(16-27)9-11-20)35-26-30-29-24(31(26)21-6-4-3-5-7-21)17-34-23-14-12-22(33-2)13-15-23/h3-15,18H,17H2,1-2H3,(H,28,32). The van der Waals surface area contributed by atoms with Crippen molar-refractivity contribution < 1.29 is 14.3 Å². The fourth-order valence-electron chi connectivity index (χ4n) is 3.21. The molecule has 1 atom stereocenters. The van der Waals surface area contributed by atoms with E-state index in [1.807, 2.05) is 59.2 Å². The number of amides is 1. The van der Waals surface area contributed by atoms with Crippen LogP contribution in [0.15, 0.2) is 84.0 Å². The molecule has 1 amide bonds. The lowest BCUT2D eigenvalue weighted by Gasteiger charge is -2.14. The molecule has 9 heteroatoms. The molecule has 0 aliphatic carbocycles. The van der Waals surface area contributed by atoms with Gasteiger partial charge in [-0.25, -0.2) is 0 Å². The second-order valence-electron chi connectivity index (χ2n) is 7.47. The smallest absolute Gasteiger partial charge is 0.237 e. The second kappa shape index (κ2) is 11.2. The maximum Gasteiger partial charge on any atom is 0.237 e. The molecule has 0 aliphatic rings. The molecule has 3 aromatic carbocycles. The van der Waals surface area contributed by atoms with Crippen LogP contribution in [0.5, 0.6) is 11.5 Å². The minimum atomic E-state index is -0.451. The van der Waals surface area contributed by atoms with E-state index in [4.69, 9.17) is 14.7 Å². The molecule has 1 unspecified atom stereocenters. The quantitative estimate of drug-likeness (QED) is 0.338. The Hall–Kier alpha value is -4.29. The topological polar surface area (TPSA) is 102 Å². The number of nitriles is 1. The summed E-state index contributed by atoms with van der Waals surface area (Å²) in [7, 11) is 1.61. The lowest BCUT2D eigenvalue weighted by atomic mass is 10.2. The van der Waals surface area contributed by atoms with Crippen molar-refractivity contribution in [2.45, 2.75) is 23.9 Å². The van der Waals surface area contributed by atoms with Crippen molar-refractivity contribution in [3.8, 4) is 23.3 Å². The maximum atomic E-state index is 12.8. The largest absolute Gasteiger partial charge is 0.497 e. The number of rotatable bonds is 9. The number of aromatic nitrogens is 3. The van der Waals surface area contributed by atoms with Gasteiger partial charge >= 0.3 is 0 Å². The van der Waals surface area contributed by atoms with Gasteiger partial charge in [-0.1, -0.05) is 30.0 Å². The van der Waals surface area contributed by atoms with Crippen LogP contribution in [0.1, 0.15) is 18.3 Å². The van der Waals surface area contributed by atoms with Gasteiger partial charge in [-0.15, -0.1) is 10.2 Å². The van der Waals surface area contributed by atoms with Crippen LogP contribution in [0.25, 0.3) is 5.69 Å². The average Bonchev–Trinajstić information content (AvgIpc) is 3.30. The van der Waals surface area contributed by atoms with Crippen LogP contribution in [0, 0.1) is 11.3 Å². The zero-order valence-electron chi connectivity index (χ0n) is 19.2. The van der Waals surface area contributed by atoms with E-state index in [0.717, 1.165) is 11.4 Å². The Bertz CT molecular complexity index is 1320. The van der Waals surface area contributed by atoms with Crippen molar-refractivity contribution in [3.05, 3.63) is 90.3 Å². The summed E-state index contributed by atoms with van der Waals surface area (Å²) in [5.74, 6) is 1.85. The van der Waals surface area contributed by atoms with Crippen LogP contribution in [0.3, 0.4) is 0 Å². The van der Waals surface area contributed by atoms with Gasteiger partial charge in [0.2, 0.25) is 5.91 Å². The van der Waals surface area contributed by atoms with Crippen molar-refractivity contribution in [1.82, 2.24) is 14.8 Å². The Morgan fingerprint density at radius 2 is 1.71 bits per heavy atom. The van der Waals surface area contributed by atoms with E-state index in [9.17, 15) is 4.79 Å². The van der Waals surface area contributed by atoms with Crippen LogP contribution in [-0.2, 0) is 11.4 Å². The molecule has 0 fully saturated rings. The maximum absolute atomic E-state index is 12.8. The van der Waals surface area contributed by atoms with Gasteiger partial charge in [-0.2, -0.15) is 5.26 Å². The molecular weight excluding hydrogens is 462 g/mol. The second-order valence-corrected chi connectivity index (χ2v) is 8.78. The third-order valence-electron chi connectivity index (χ3n) is 5.08.